The molecule has 0 aromatic carbocycles. The van der Waals surface area contributed by atoms with Gasteiger partial charge in [0.05, 0.1) is 18.1 Å². The third-order valence-corrected chi connectivity index (χ3v) is 4.49. The van der Waals surface area contributed by atoms with Crippen LogP contribution in [0.2, 0.25) is 0 Å². The number of ether oxygens (including phenoxy) is 1. The molecule has 2 aliphatic heterocycles. The van der Waals surface area contributed by atoms with Crippen LogP contribution in [0.15, 0.2) is 0 Å². The lowest BCUT2D eigenvalue weighted by Gasteiger charge is -2.36. The van der Waals surface area contributed by atoms with E-state index in [4.69, 9.17) is 4.74 Å². The van der Waals surface area contributed by atoms with Crippen molar-refractivity contribution in [3.63, 3.8) is 0 Å². The van der Waals surface area contributed by atoms with Crippen molar-refractivity contribution in [2.75, 3.05) is 7.05 Å². The van der Waals surface area contributed by atoms with Gasteiger partial charge in [0.1, 0.15) is 6.10 Å². The summed E-state index contributed by atoms with van der Waals surface area (Å²) in [5, 5.41) is 19.8. The van der Waals surface area contributed by atoms with E-state index in [-0.39, 0.29) is 30.1 Å². The van der Waals surface area contributed by atoms with E-state index < -0.39 is 12.2 Å². The Bertz CT molecular complexity index is 296. The molecule has 0 amide bonds. The zero-order chi connectivity index (χ0) is 13.4. The normalized spacial score (nSPS) is 41.7. The molecule has 2 saturated heterocycles. The summed E-state index contributed by atoms with van der Waals surface area (Å²) < 4.78 is 5.48. The SMILES string of the molecule is CC[C@@H](C)C(=O)OC1C[C@@H]2[C@@H](O)[C@H](O)[C@H](C1)N2C. The molecule has 2 N–H and O–H groups in total. The van der Waals surface area contributed by atoms with Crippen LogP contribution in [0, 0.1) is 5.92 Å². The number of aliphatic hydroxyl groups excluding tert-OH is 2. The Hall–Kier alpha value is -0.650. The Morgan fingerprint density at radius 2 is 1.83 bits per heavy atom. The van der Waals surface area contributed by atoms with E-state index in [9.17, 15) is 15.0 Å². The summed E-state index contributed by atoms with van der Waals surface area (Å²) in [7, 11) is 1.90. The first kappa shape index (κ1) is 13.8. The van der Waals surface area contributed by atoms with Gasteiger partial charge in [-0.05, 0) is 13.5 Å². The maximum Gasteiger partial charge on any atom is 0.308 e. The predicted octanol–water partition coefficient (Wildman–Crippen LogP) is 0.143. The zero-order valence-corrected chi connectivity index (χ0v) is 11.2. The van der Waals surface area contributed by atoms with Gasteiger partial charge in [0.25, 0.3) is 0 Å². The van der Waals surface area contributed by atoms with Crippen molar-refractivity contribution < 1.29 is 19.7 Å². The number of hydrogen-bond donors (Lipinski definition) is 2. The van der Waals surface area contributed by atoms with Crippen LogP contribution in [-0.2, 0) is 9.53 Å². The molecule has 2 rings (SSSR count). The van der Waals surface area contributed by atoms with Gasteiger partial charge in [-0.2, -0.15) is 0 Å². The number of esters is 1. The van der Waals surface area contributed by atoms with Gasteiger partial charge in [0.2, 0.25) is 0 Å². The molecular formula is C13H23NO4. The second kappa shape index (κ2) is 5.15. The maximum atomic E-state index is 11.8. The summed E-state index contributed by atoms with van der Waals surface area (Å²) in [5.74, 6) is -0.257. The molecule has 104 valence electrons. The maximum absolute atomic E-state index is 11.8. The number of aliphatic hydroxyl groups is 2. The van der Waals surface area contributed by atoms with Crippen LogP contribution < -0.4 is 0 Å². The lowest BCUT2D eigenvalue weighted by atomic mass is 9.99. The molecular weight excluding hydrogens is 234 g/mol. The smallest absolute Gasteiger partial charge is 0.308 e. The van der Waals surface area contributed by atoms with Crippen molar-refractivity contribution in [3.8, 4) is 0 Å². The number of carbonyl (C=O) groups excluding carboxylic acids is 1. The van der Waals surface area contributed by atoms with Crippen molar-refractivity contribution >= 4 is 5.97 Å². The second-order valence-electron chi connectivity index (χ2n) is 5.62. The lowest BCUT2D eigenvalue weighted by molar-refractivity contribution is -0.157. The molecule has 1 unspecified atom stereocenters. The van der Waals surface area contributed by atoms with Gasteiger partial charge in [-0.15, -0.1) is 0 Å². The fourth-order valence-corrected chi connectivity index (χ4v) is 2.97. The summed E-state index contributed by atoms with van der Waals surface area (Å²) in [6.45, 7) is 3.81. The molecule has 0 aromatic heterocycles. The Labute approximate surface area is 108 Å². The molecule has 2 bridgehead atoms. The summed E-state index contributed by atoms with van der Waals surface area (Å²) in [6, 6.07) is -0.207. The fraction of sp³-hybridized carbons (Fsp3) is 0.923. The van der Waals surface area contributed by atoms with Crippen LogP contribution in [0.4, 0.5) is 0 Å². The van der Waals surface area contributed by atoms with Gasteiger partial charge in [0, 0.05) is 24.9 Å². The number of carbonyl (C=O) groups is 1. The molecule has 2 heterocycles. The summed E-state index contributed by atoms with van der Waals surface area (Å²) >= 11 is 0. The number of fused-ring (bicyclic) bond motifs is 2. The van der Waals surface area contributed by atoms with Gasteiger partial charge >= 0.3 is 5.97 Å². The molecule has 0 aliphatic carbocycles. The first-order valence-electron chi connectivity index (χ1n) is 6.74. The second-order valence-corrected chi connectivity index (χ2v) is 5.62. The number of likely N-dealkylation sites (N-methyl/N-ethyl adjacent to an activating group) is 1. The van der Waals surface area contributed by atoms with Crippen molar-refractivity contribution in [1.29, 1.82) is 0 Å². The van der Waals surface area contributed by atoms with E-state index in [1.165, 1.54) is 0 Å². The average molecular weight is 257 g/mol. The Balaban J connectivity index is 1.97. The van der Waals surface area contributed by atoms with Crippen molar-refractivity contribution in [2.24, 2.45) is 5.92 Å². The van der Waals surface area contributed by atoms with Gasteiger partial charge in [0.15, 0.2) is 0 Å². The molecule has 5 nitrogen and oxygen atoms in total. The molecule has 18 heavy (non-hydrogen) atoms. The van der Waals surface area contributed by atoms with Gasteiger partial charge in [-0.3, -0.25) is 9.69 Å². The number of hydrogen-bond acceptors (Lipinski definition) is 5. The lowest BCUT2D eigenvalue weighted by Crippen LogP contribution is -2.46. The molecule has 6 atom stereocenters. The summed E-state index contributed by atoms with van der Waals surface area (Å²) in [4.78, 5) is 13.8. The third kappa shape index (κ3) is 2.27. The van der Waals surface area contributed by atoms with Gasteiger partial charge < -0.3 is 14.9 Å². The van der Waals surface area contributed by atoms with E-state index in [0.29, 0.717) is 12.8 Å². The van der Waals surface area contributed by atoms with Crippen molar-refractivity contribution in [2.45, 2.75) is 63.5 Å². The average Bonchev–Trinajstić information content (AvgIpc) is 2.50. The Morgan fingerprint density at radius 1 is 1.33 bits per heavy atom. The van der Waals surface area contributed by atoms with Crippen LogP contribution in [0.3, 0.4) is 0 Å². The monoisotopic (exact) mass is 257 g/mol. The first-order valence-corrected chi connectivity index (χ1v) is 6.74. The van der Waals surface area contributed by atoms with E-state index in [2.05, 4.69) is 0 Å². The number of nitrogens with zero attached hydrogens (tertiary/aromatic N) is 1. The van der Waals surface area contributed by atoms with Crippen LogP contribution in [0.1, 0.15) is 33.1 Å². The molecule has 2 fully saturated rings. The number of rotatable bonds is 3. The highest BCUT2D eigenvalue weighted by molar-refractivity contribution is 5.72. The highest BCUT2D eigenvalue weighted by atomic mass is 16.5. The minimum absolute atomic E-state index is 0.0860. The van der Waals surface area contributed by atoms with E-state index >= 15 is 0 Å². The van der Waals surface area contributed by atoms with E-state index in [1.807, 2.05) is 25.8 Å². The summed E-state index contributed by atoms with van der Waals surface area (Å²) in [6.07, 6.45) is 0.341. The molecule has 2 aliphatic rings. The Morgan fingerprint density at radius 3 is 2.28 bits per heavy atom. The summed E-state index contributed by atoms with van der Waals surface area (Å²) in [5.41, 5.74) is 0. The van der Waals surface area contributed by atoms with Crippen LogP contribution >= 0.6 is 0 Å². The van der Waals surface area contributed by atoms with E-state index in [0.717, 1.165) is 6.42 Å². The molecule has 0 radical (unpaired) electrons. The zero-order valence-electron chi connectivity index (χ0n) is 11.2. The van der Waals surface area contributed by atoms with Crippen LogP contribution in [0.25, 0.3) is 0 Å². The largest absolute Gasteiger partial charge is 0.462 e. The predicted molar refractivity (Wildman–Crippen MR) is 65.9 cm³/mol. The fourth-order valence-electron chi connectivity index (χ4n) is 2.97. The highest BCUT2D eigenvalue weighted by Crippen LogP contribution is 2.36. The standard InChI is InChI=1S/C13H23NO4/c1-4-7(2)13(17)18-8-5-9-11(15)12(16)10(6-8)14(9)3/h7-12,15-16H,4-6H2,1-3H3/t7-,8?,9-,10+,11-,12-/m1/s1. The molecule has 0 saturated carbocycles. The van der Waals surface area contributed by atoms with E-state index in [1.54, 1.807) is 0 Å². The highest BCUT2D eigenvalue weighted by Gasteiger charge is 2.51. The third-order valence-electron chi connectivity index (χ3n) is 4.49. The van der Waals surface area contributed by atoms with Crippen molar-refractivity contribution in [3.05, 3.63) is 0 Å². The quantitative estimate of drug-likeness (QED) is 0.704. The minimum Gasteiger partial charge on any atom is -0.462 e. The molecule has 0 aromatic rings. The topological polar surface area (TPSA) is 70.0 Å². The first-order chi connectivity index (χ1) is 8.45. The molecule has 0 spiro atoms. The van der Waals surface area contributed by atoms with Crippen LogP contribution in [0.5, 0.6) is 0 Å². The van der Waals surface area contributed by atoms with Crippen LogP contribution in [-0.4, -0.2) is 58.5 Å². The van der Waals surface area contributed by atoms with Gasteiger partial charge in [-0.1, -0.05) is 13.8 Å². The minimum atomic E-state index is -0.729. The Kier molecular flexibility index (Phi) is 3.94. The van der Waals surface area contributed by atoms with Gasteiger partial charge in [-0.25, -0.2) is 0 Å². The van der Waals surface area contributed by atoms with Crippen molar-refractivity contribution in [1.82, 2.24) is 4.90 Å². The number of piperidine rings is 1. The molecule has 5 heteroatoms.